The third-order valence-electron chi connectivity index (χ3n) is 15.4. The van der Waals surface area contributed by atoms with Crippen molar-refractivity contribution in [2.24, 2.45) is 21.5 Å². The molecule has 26 heteroatoms. The van der Waals surface area contributed by atoms with Gasteiger partial charge in [0.05, 0.1) is 101 Å². The number of allylic oxidation sites excluding steroid dienone is 2. The number of ether oxygens (including phenoxy) is 2. The quantitative estimate of drug-likeness (QED) is 0.0389. The molecule has 4 fully saturated rings. The largest absolute Gasteiger partial charge is 0.488 e. The number of hydrogen-bond donors (Lipinski definition) is 6. The van der Waals surface area contributed by atoms with Gasteiger partial charge in [-0.2, -0.15) is 0 Å². The lowest BCUT2D eigenvalue weighted by Gasteiger charge is -2.41. The molecule has 0 radical (unpaired) electrons. The second kappa shape index (κ2) is 30.6. The zero-order valence-electron chi connectivity index (χ0n) is 55.2. The highest BCUT2D eigenvalue weighted by Gasteiger charge is 2.63. The van der Waals surface area contributed by atoms with Crippen molar-refractivity contribution in [3.05, 3.63) is 117 Å². The van der Waals surface area contributed by atoms with Gasteiger partial charge in [0.1, 0.15) is 5.15 Å². The molecule has 8 N–H and O–H groups in total. The van der Waals surface area contributed by atoms with Crippen LogP contribution in [0.4, 0.5) is 21.5 Å². The van der Waals surface area contributed by atoms with Gasteiger partial charge < -0.3 is 70.6 Å². The van der Waals surface area contributed by atoms with Gasteiger partial charge in [-0.3, -0.25) is 9.98 Å². The van der Waals surface area contributed by atoms with Gasteiger partial charge in [0, 0.05) is 62.0 Å². The summed E-state index contributed by atoms with van der Waals surface area (Å²) in [4.78, 5) is 53.0. The second-order valence-corrected chi connectivity index (χ2v) is 27.1. The number of urea groups is 2. The standard InChI is InChI=1S/C25H35N7O2.C16H23BrN2O2.C12H24B2O4.C9H12ClN5/c1-16-11-18(21-9-10-28-23(30-21)31-22(12-26)17(2)27-6)7-8-19(16)13-29-24(33)32-14-20(15-32)34-25(3,4)5;1-11-7-13(17)6-5-12(11)8-18-15(20)19-9-14(10-19)21-16(2,3)4;1-9(2)10(3,4)16-13(15-9)14-17-11(5,6)12(7,8)18-14;1-6(12-2)7(5-11)14-9-13-4-3-8(10)15-9/h7-12,20H,13-15,26H2,1-6H3,(H,29,33)(H,28,30,31);5-7,14H,8-10H2,1-4H3,(H,18,20);1-8H3;3-5H,11H2,1-2H3,(H,13,14,15). The van der Waals surface area contributed by atoms with E-state index in [1.54, 1.807) is 42.4 Å². The van der Waals surface area contributed by atoms with Gasteiger partial charge in [-0.25, -0.2) is 29.5 Å². The number of carbonyl (C=O) groups is 2. The molecule has 8 rings (SSSR count). The Kier molecular flexibility index (Phi) is 25.2. The number of nitrogens with one attached hydrogen (secondary N) is 4. The molecule has 0 aliphatic carbocycles. The molecule has 0 unspecified atom stereocenters. The average molecular weight is 1300 g/mol. The van der Waals surface area contributed by atoms with E-state index >= 15 is 0 Å². The number of nitrogens with two attached hydrogens (primary N) is 2. The van der Waals surface area contributed by atoms with Crippen LogP contribution in [0.5, 0.6) is 0 Å². The summed E-state index contributed by atoms with van der Waals surface area (Å²) in [7, 11) is 2.43. The summed E-state index contributed by atoms with van der Waals surface area (Å²) in [5.41, 5.74) is 18.3. The van der Waals surface area contributed by atoms with Crippen molar-refractivity contribution < 1.29 is 37.7 Å². The molecule has 0 saturated carbocycles. The lowest BCUT2D eigenvalue weighted by atomic mass is 9.49. The maximum absolute atomic E-state index is 12.4. The summed E-state index contributed by atoms with van der Waals surface area (Å²) in [5.74, 6) is 0.830. The minimum Gasteiger partial charge on any atom is -0.405 e. The summed E-state index contributed by atoms with van der Waals surface area (Å²) in [5, 5.41) is 12.4. The Balaban J connectivity index is 0.000000226. The van der Waals surface area contributed by atoms with Crippen LogP contribution in [0.1, 0.15) is 133 Å². The summed E-state index contributed by atoms with van der Waals surface area (Å²) >= 11 is 9.15. The lowest BCUT2D eigenvalue weighted by molar-refractivity contribution is -0.111. The van der Waals surface area contributed by atoms with E-state index in [2.05, 4.69) is 79.3 Å². The molecule has 2 aromatic heterocycles. The van der Waals surface area contributed by atoms with Gasteiger partial charge in [0.15, 0.2) is 0 Å². The number of aromatic nitrogens is 4. The Labute approximate surface area is 536 Å². The molecule has 88 heavy (non-hydrogen) atoms. The Morgan fingerprint density at radius 1 is 0.659 bits per heavy atom. The van der Waals surface area contributed by atoms with Crippen LogP contribution in [0, 0.1) is 13.8 Å². The first-order valence-corrected chi connectivity index (χ1v) is 30.6. The van der Waals surface area contributed by atoms with Crippen LogP contribution < -0.4 is 32.7 Å². The van der Waals surface area contributed by atoms with E-state index < -0.39 is 14.0 Å². The fourth-order valence-corrected chi connectivity index (χ4v) is 9.41. The predicted molar refractivity (Wildman–Crippen MR) is 357 cm³/mol. The minimum absolute atomic E-state index is 0.0222. The molecule has 4 amide bonds. The Hall–Kier alpha value is -6.18. The second-order valence-electron chi connectivity index (χ2n) is 25.8. The van der Waals surface area contributed by atoms with Crippen molar-refractivity contribution >= 4 is 76.9 Å². The SMILES string of the molecule is CC1(C)OB(B2OC(C)(C)C(C)(C)O2)OC1(C)C.CN=C(C)C(=CN)Nc1nccc(-c2ccc(CNC(=O)N3CC(OC(C)(C)C)C3)c(C)c2)n1.CN=C(C)C(=CN)Nc1nccc(Cl)n1.Cc1cc(Br)ccc1CNC(=O)N1CC(OC(C)(C)C)C1. The minimum atomic E-state index is -0.476. The zero-order valence-corrected chi connectivity index (χ0v) is 57.6. The number of amides is 4. The van der Waals surface area contributed by atoms with Crippen LogP contribution in [-0.2, 0) is 41.2 Å². The average Bonchev–Trinajstić information content (AvgIpc) is 2.30. The fourth-order valence-electron chi connectivity index (χ4n) is 8.80. The molecule has 2 aromatic carbocycles. The normalized spacial score (nSPS) is 18.3. The Morgan fingerprint density at radius 3 is 1.41 bits per heavy atom. The number of aliphatic imine (C=N–C) groups is 2. The summed E-state index contributed by atoms with van der Waals surface area (Å²) in [6.45, 7) is 39.7. The molecular weight excluding hydrogens is 1210 g/mol. The monoisotopic (exact) mass is 1300 g/mol. The molecule has 0 atom stereocenters. The third-order valence-corrected chi connectivity index (χ3v) is 16.1. The lowest BCUT2D eigenvalue weighted by Crippen LogP contribution is -2.59. The fraction of sp³-hybridized carbons (Fsp3) is 0.548. The van der Waals surface area contributed by atoms with E-state index in [9.17, 15) is 9.59 Å². The van der Waals surface area contributed by atoms with E-state index in [0.717, 1.165) is 43.8 Å². The molecule has 6 heterocycles. The van der Waals surface area contributed by atoms with Crippen molar-refractivity contribution in [3.63, 3.8) is 0 Å². The van der Waals surface area contributed by atoms with Crippen LogP contribution in [0.15, 0.2) is 99.2 Å². The summed E-state index contributed by atoms with van der Waals surface area (Å²) in [6, 6.07) is 15.5. The molecule has 4 aliphatic heterocycles. The first kappa shape index (κ1) is 72.6. The van der Waals surface area contributed by atoms with Crippen molar-refractivity contribution in [2.75, 3.05) is 50.9 Å². The Bertz CT molecular complexity index is 3090. The van der Waals surface area contributed by atoms with Crippen molar-refractivity contribution in [2.45, 2.75) is 184 Å². The van der Waals surface area contributed by atoms with Gasteiger partial charge in [0.25, 0.3) is 0 Å². The maximum Gasteiger partial charge on any atom is 0.488 e. The number of halogens is 2. The van der Waals surface area contributed by atoms with Crippen LogP contribution in [0.2, 0.25) is 5.15 Å². The number of hydrogen-bond acceptors (Lipinski definition) is 18. The topological polar surface area (TPSA) is 272 Å². The Morgan fingerprint density at radius 2 is 1.05 bits per heavy atom. The third kappa shape index (κ3) is 21.0. The molecule has 4 saturated heterocycles. The number of benzene rings is 2. The van der Waals surface area contributed by atoms with Crippen LogP contribution in [0.25, 0.3) is 11.3 Å². The van der Waals surface area contributed by atoms with E-state index in [4.69, 9.17) is 51.2 Å². The van der Waals surface area contributed by atoms with Gasteiger partial charge in [-0.05, 0) is 177 Å². The van der Waals surface area contributed by atoms with Crippen LogP contribution in [-0.4, -0.2) is 153 Å². The smallest absolute Gasteiger partial charge is 0.405 e. The van der Waals surface area contributed by atoms with Gasteiger partial charge in [-0.15, -0.1) is 0 Å². The number of anilines is 2. The molecular formula is C62H94B2BrClN14O8. The molecule has 0 spiro atoms. The van der Waals surface area contributed by atoms with Crippen LogP contribution in [0.3, 0.4) is 0 Å². The van der Waals surface area contributed by atoms with E-state index in [-0.39, 0.29) is 57.9 Å². The first-order valence-electron chi connectivity index (χ1n) is 29.4. The zero-order chi connectivity index (χ0) is 65.7. The number of carbonyl (C=O) groups excluding carboxylic acids is 2. The highest BCUT2D eigenvalue weighted by Crippen LogP contribution is 2.43. The summed E-state index contributed by atoms with van der Waals surface area (Å²) < 4.78 is 36.6. The number of aryl methyl sites for hydroxylation is 2. The van der Waals surface area contributed by atoms with E-state index in [1.165, 1.54) is 18.0 Å². The van der Waals surface area contributed by atoms with Crippen molar-refractivity contribution in [3.8, 4) is 11.3 Å². The first-order chi connectivity index (χ1) is 40.9. The van der Waals surface area contributed by atoms with E-state index in [1.807, 2.05) is 155 Å². The molecule has 4 aromatic rings. The van der Waals surface area contributed by atoms with Crippen molar-refractivity contribution in [1.29, 1.82) is 0 Å². The predicted octanol–water partition coefficient (Wildman–Crippen LogP) is 10.6. The number of likely N-dealkylation sites (tertiary alicyclic amines) is 2. The van der Waals surface area contributed by atoms with Gasteiger partial charge >= 0.3 is 26.1 Å². The van der Waals surface area contributed by atoms with Gasteiger partial charge in [-0.1, -0.05) is 45.7 Å². The number of nitrogens with zero attached hydrogens (tertiary/aromatic N) is 8. The maximum atomic E-state index is 12.4. The molecule has 4 aliphatic rings. The molecule has 0 bridgehead atoms. The molecule has 22 nitrogen and oxygen atoms in total. The molecule has 480 valence electrons. The highest BCUT2D eigenvalue weighted by atomic mass is 79.9. The number of rotatable bonds is 14. The highest BCUT2D eigenvalue weighted by molar-refractivity contribution is 9.10. The van der Waals surface area contributed by atoms with Crippen molar-refractivity contribution in [1.82, 2.24) is 40.4 Å². The summed E-state index contributed by atoms with van der Waals surface area (Å²) in [6.07, 6.45) is 6.38. The van der Waals surface area contributed by atoms with Gasteiger partial charge in [0.2, 0.25) is 11.9 Å². The van der Waals surface area contributed by atoms with E-state index in [0.29, 0.717) is 67.7 Å². The van der Waals surface area contributed by atoms with Crippen LogP contribution >= 0.6 is 27.5 Å².